The lowest BCUT2D eigenvalue weighted by Gasteiger charge is -2.41. The summed E-state index contributed by atoms with van der Waals surface area (Å²) < 4.78 is 0. The quantitative estimate of drug-likeness (QED) is 0.663. The normalized spacial score (nSPS) is 37.2. The molecule has 0 saturated heterocycles. The molecule has 2 unspecified atom stereocenters. The summed E-state index contributed by atoms with van der Waals surface area (Å²) in [5, 5.41) is 19.2. The van der Waals surface area contributed by atoms with Crippen LogP contribution in [0.1, 0.15) is 39.5 Å². The van der Waals surface area contributed by atoms with Gasteiger partial charge in [0.15, 0.2) is 0 Å². The first kappa shape index (κ1) is 10.0. The molecule has 0 aromatic heterocycles. The highest BCUT2D eigenvalue weighted by Crippen LogP contribution is 2.37. The first-order chi connectivity index (χ1) is 5.60. The van der Waals surface area contributed by atoms with Crippen LogP contribution in [0, 0.1) is 11.8 Å². The van der Waals surface area contributed by atoms with Crippen LogP contribution in [0.2, 0.25) is 0 Å². The van der Waals surface area contributed by atoms with E-state index in [4.69, 9.17) is 5.11 Å². The topological polar surface area (TPSA) is 40.5 Å². The highest BCUT2D eigenvalue weighted by atomic mass is 16.3. The molecule has 1 aliphatic rings. The molecule has 0 aromatic carbocycles. The van der Waals surface area contributed by atoms with Crippen molar-refractivity contribution < 1.29 is 10.2 Å². The fourth-order valence-electron chi connectivity index (χ4n) is 2.40. The number of hydrogen-bond donors (Lipinski definition) is 2. The van der Waals surface area contributed by atoms with Gasteiger partial charge in [-0.25, -0.2) is 0 Å². The molecule has 1 aliphatic carbocycles. The van der Waals surface area contributed by atoms with E-state index in [0.717, 1.165) is 19.3 Å². The Balaban J connectivity index is 2.66. The summed E-state index contributed by atoms with van der Waals surface area (Å²) in [6.07, 6.45) is 4.09. The zero-order chi connectivity index (χ0) is 9.19. The number of aliphatic hydroxyl groups excluding tert-OH is 1. The first-order valence-corrected chi connectivity index (χ1v) is 4.93. The molecule has 1 saturated carbocycles. The van der Waals surface area contributed by atoms with Gasteiger partial charge in [-0.3, -0.25) is 0 Å². The minimum absolute atomic E-state index is 0.0736. The summed E-state index contributed by atoms with van der Waals surface area (Å²) in [6, 6.07) is 0. The zero-order valence-corrected chi connectivity index (χ0v) is 8.08. The molecular weight excluding hydrogens is 152 g/mol. The second-order valence-electron chi connectivity index (χ2n) is 4.36. The molecule has 12 heavy (non-hydrogen) atoms. The summed E-state index contributed by atoms with van der Waals surface area (Å²) in [4.78, 5) is 0. The van der Waals surface area contributed by atoms with Crippen LogP contribution in [0.4, 0.5) is 0 Å². The van der Waals surface area contributed by atoms with Crippen molar-refractivity contribution in [3.05, 3.63) is 0 Å². The molecule has 0 amide bonds. The van der Waals surface area contributed by atoms with Crippen molar-refractivity contribution in [3.8, 4) is 0 Å². The number of aliphatic hydroxyl groups is 2. The molecule has 2 heteroatoms. The average molecular weight is 172 g/mol. The number of hydrogen-bond acceptors (Lipinski definition) is 2. The van der Waals surface area contributed by atoms with Gasteiger partial charge in [0, 0.05) is 0 Å². The predicted molar refractivity (Wildman–Crippen MR) is 48.8 cm³/mol. The second-order valence-corrected chi connectivity index (χ2v) is 4.36. The molecule has 0 spiro atoms. The Bertz CT molecular complexity index is 145. The molecule has 2 N–H and O–H groups in total. The van der Waals surface area contributed by atoms with E-state index in [0.29, 0.717) is 5.92 Å². The Kier molecular flexibility index (Phi) is 3.13. The zero-order valence-electron chi connectivity index (χ0n) is 8.08. The molecule has 1 fully saturated rings. The molecule has 0 bridgehead atoms. The van der Waals surface area contributed by atoms with E-state index in [9.17, 15) is 5.11 Å². The maximum atomic E-state index is 10.1. The van der Waals surface area contributed by atoms with Crippen LogP contribution in [-0.4, -0.2) is 22.4 Å². The van der Waals surface area contributed by atoms with Crippen LogP contribution in [0.3, 0.4) is 0 Å². The third-order valence-electron chi connectivity index (χ3n) is 3.14. The van der Waals surface area contributed by atoms with Gasteiger partial charge in [-0.2, -0.15) is 0 Å². The van der Waals surface area contributed by atoms with Gasteiger partial charge in [-0.05, 0) is 24.7 Å². The molecule has 0 radical (unpaired) electrons. The van der Waals surface area contributed by atoms with Crippen LogP contribution in [0.15, 0.2) is 0 Å². The van der Waals surface area contributed by atoms with Gasteiger partial charge in [0.25, 0.3) is 0 Å². The van der Waals surface area contributed by atoms with Crippen molar-refractivity contribution in [2.24, 2.45) is 11.8 Å². The SMILES string of the molecule is CC(C)C1CCCCC1(O)CO. The van der Waals surface area contributed by atoms with Crippen LogP contribution in [0.25, 0.3) is 0 Å². The second kappa shape index (κ2) is 3.75. The van der Waals surface area contributed by atoms with Crippen LogP contribution < -0.4 is 0 Å². The van der Waals surface area contributed by atoms with Crippen molar-refractivity contribution in [3.63, 3.8) is 0 Å². The maximum Gasteiger partial charge on any atom is 0.0907 e. The van der Waals surface area contributed by atoms with Crippen LogP contribution in [-0.2, 0) is 0 Å². The Morgan fingerprint density at radius 2 is 2.08 bits per heavy atom. The Labute approximate surface area is 74.6 Å². The maximum absolute atomic E-state index is 10.1. The highest BCUT2D eigenvalue weighted by molar-refractivity contribution is 4.90. The lowest BCUT2D eigenvalue weighted by Crippen LogP contribution is -2.46. The summed E-state index contributed by atoms with van der Waals surface area (Å²) in [5.41, 5.74) is -0.785. The summed E-state index contributed by atoms with van der Waals surface area (Å²) in [5.74, 6) is 0.763. The van der Waals surface area contributed by atoms with Crippen molar-refractivity contribution in [1.29, 1.82) is 0 Å². The standard InChI is InChI=1S/C10H20O2/c1-8(2)9-5-3-4-6-10(9,12)7-11/h8-9,11-12H,3-7H2,1-2H3. The van der Waals surface area contributed by atoms with E-state index in [1.165, 1.54) is 6.42 Å². The molecule has 2 nitrogen and oxygen atoms in total. The van der Waals surface area contributed by atoms with E-state index in [1.54, 1.807) is 0 Å². The Hall–Kier alpha value is -0.0800. The minimum Gasteiger partial charge on any atom is -0.393 e. The smallest absolute Gasteiger partial charge is 0.0907 e. The first-order valence-electron chi connectivity index (χ1n) is 4.93. The third-order valence-corrected chi connectivity index (χ3v) is 3.14. The fraction of sp³-hybridized carbons (Fsp3) is 1.00. The lowest BCUT2D eigenvalue weighted by atomic mass is 9.70. The minimum atomic E-state index is -0.785. The van der Waals surface area contributed by atoms with Crippen molar-refractivity contribution >= 4 is 0 Å². The molecule has 2 atom stereocenters. The van der Waals surface area contributed by atoms with E-state index in [1.807, 2.05) is 0 Å². The van der Waals surface area contributed by atoms with E-state index < -0.39 is 5.60 Å². The van der Waals surface area contributed by atoms with Gasteiger partial charge in [-0.1, -0.05) is 26.7 Å². The summed E-state index contributed by atoms with van der Waals surface area (Å²) in [7, 11) is 0. The van der Waals surface area contributed by atoms with Crippen molar-refractivity contribution in [1.82, 2.24) is 0 Å². The molecule has 72 valence electrons. The fourth-order valence-corrected chi connectivity index (χ4v) is 2.40. The number of rotatable bonds is 2. The van der Waals surface area contributed by atoms with Gasteiger partial charge in [-0.15, -0.1) is 0 Å². The monoisotopic (exact) mass is 172 g/mol. The largest absolute Gasteiger partial charge is 0.393 e. The molecule has 0 heterocycles. The average Bonchev–Trinajstić information content (AvgIpc) is 2.05. The van der Waals surface area contributed by atoms with Gasteiger partial charge in [0.1, 0.15) is 0 Å². The third kappa shape index (κ3) is 1.80. The molecule has 0 aromatic rings. The molecule has 1 rings (SSSR count). The predicted octanol–water partition coefficient (Wildman–Crippen LogP) is 1.56. The van der Waals surface area contributed by atoms with E-state index in [-0.39, 0.29) is 12.5 Å². The van der Waals surface area contributed by atoms with Crippen LogP contribution in [0.5, 0.6) is 0 Å². The Morgan fingerprint density at radius 1 is 1.42 bits per heavy atom. The van der Waals surface area contributed by atoms with Gasteiger partial charge < -0.3 is 10.2 Å². The van der Waals surface area contributed by atoms with Gasteiger partial charge in [0.2, 0.25) is 0 Å². The highest BCUT2D eigenvalue weighted by Gasteiger charge is 2.39. The molecule has 0 aliphatic heterocycles. The van der Waals surface area contributed by atoms with Gasteiger partial charge >= 0.3 is 0 Å². The van der Waals surface area contributed by atoms with Crippen molar-refractivity contribution in [2.45, 2.75) is 45.1 Å². The summed E-state index contributed by atoms with van der Waals surface area (Å²) >= 11 is 0. The lowest BCUT2D eigenvalue weighted by molar-refractivity contribution is -0.0994. The van der Waals surface area contributed by atoms with Crippen molar-refractivity contribution in [2.75, 3.05) is 6.61 Å². The van der Waals surface area contributed by atoms with Gasteiger partial charge in [0.05, 0.1) is 12.2 Å². The Morgan fingerprint density at radius 3 is 2.50 bits per heavy atom. The van der Waals surface area contributed by atoms with E-state index >= 15 is 0 Å². The summed E-state index contributed by atoms with van der Waals surface area (Å²) in [6.45, 7) is 4.17. The van der Waals surface area contributed by atoms with Crippen LogP contribution >= 0.6 is 0 Å². The van der Waals surface area contributed by atoms with E-state index in [2.05, 4.69) is 13.8 Å². The molecular formula is C10H20O2.